The van der Waals surface area contributed by atoms with Gasteiger partial charge in [0.05, 0.1) is 25.2 Å². The van der Waals surface area contributed by atoms with Gasteiger partial charge in [-0.25, -0.2) is 19.0 Å². The molecule has 1 amide bonds. The highest BCUT2D eigenvalue weighted by molar-refractivity contribution is 5.78. The van der Waals surface area contributed by atoms with E-state index >= 15 is 0 Å². The fraction of sp³-hybridized carbons (Fsp3) is 0.294. The van der Waals surface area contributed by atoms with Crippen molar-refractivity contribution in [2.75, 3.05) is 6.54 Å². The third-order valence-electron chi connectivity index (χ3n) is 4.26. The lowest BCUT2D eigenvalue weighted by atomic mass is 10.1. The quantitative estimate of drug-likeness (QED) is 0.717. The first-order valence-electron chi connectivity index (χ1n) is 8.07. The summed E-state index contributed by atoms with van der Waals surface area (Å²) in [6, 6.07) is 6.05. The highest BCUT2D eigenvalue weighted by Crippen LogP contribution is 2.15. The van der Waals surface area contributed by atoms with Crippen LogP contribution in [-0.4, -0.2) is 41.7 Å². The van der Waals surface area contributed by atoms with Crippen LogP contribution in [0.3, 0.4) is 0 Å². The molecule has 25 heavy (non-hydrogen) atoms. The maximum Gasteiger partial charge on any atom is 0.227 e. The first-order valence-corrected chi connectivity index (χ1v) is 8.07. The van der Waals surface area contributed by atoms with Gasteiger partial charge in [0.1, 0.15) is 24.3 Å². The Labute approximate surface area is 143 Å². The first-order chi connectivity index (χ1) is 12.2. The highest BCUT2D eigenvalue weighted by Gasteiger charge is 2.22. The summed E-state index contributed by atoms with van der Waals surface area (Å²) in [4.78, 5) is 22.8. The summed E-state index contributed by atoms with van der Waals surface area (Å²) < 4.78 is 16.8. The SMILES string of the molecule is O=C(Cc1ccc(F)cc1)N1CCn2cc(Cn3cncn3)nc2C1. The van der Waals surface area contributed by atoms with Gasteiger partial charge < -0.3 is 9.47 Å². The molecule has 0 atom stereocenters. The predicted octanol–water partition coefficient (Wildman–Crippen LogP) is 1.25. The summed E-state index contributed by atoms with van der Waals surface area (Å²) in [5.74, 6) is 0.601. The minimum Gasteiger partial charge on any atom is -0.333 e. The van der Waals surface area contributed by atoms with E-state index in [1.165, 1.54) is 18.5 Å². The Balaban J connectivity index is 1.42. The Morgan fingerprint density at radius 1 is 1.20 bits per heavy atom. The number of rotatable bonds is 4. The van der Waals surface area contributed by atoms with E-state index in [1.54, 1.807) is 28.0 Å². The number of imidazole rings is 1. The number of aromatic nitrogens is 5. The van der Waals surface area contributed by atoms with E-state index in [-0.39, 0.29) is 18.1 Å². The molecule has 4 rings (SSSR count). The topological polar surface area (TPSA) is 68.8 Å². The largest absolute Gasteiger partial charge is 0.333 e. The van der Waals surface area contributed by atoms with Crippen molar-refractivity contribution in [2.24, 2.45) is 0 Å². The van der Waals surface area contributed by atoms with Crippen LogP contribution in [0.2, 0.25) is 0 Å². The second-order valence-electron chi connectivity index (χ2n) is 6.05. The zero-order valence-electron chi connectivity index (χ0n) is 13.5. The molecule has 0 spiro atoms. The van der Waals surface area contributed by atoms with E-state index in [0.717, 1.165) is 23.6 Å². The van der Waals surface area contributed by atoms with Crippen molar-refractivity contribution in [3.8, 4) is 0 Å². The van der Waals surface area contributed by atoms with Gasteiger partial charge in [0.15, 0.2) is 0 Å². The van der Waals surface area contributed by atoms with Crippen LogP contribution in [0.5, 0.6) is 0 Å². The molecular formula is C17H17FN6O. The molecule has 0 saturated heterocycles. The maximum absolute atomic E-state index is 13.0. The highest BCUT2D eigenvalue weighted by atomic mass is 19.1. The van der Waals surface area contributed by atoms with Crippen LogP contribution >= 0.6 is 0 Å². The normalized spacial score (nSPS) is 13.7. The number of hydrogen-bond donors (Lipinski definition) is 0. The smallest absolute Gasteiger partial charge is 0.227 e. The van der Waals surface area contributed by atoms with E-state index in [1.807, 2.05) is 6.20 Å². The van der Waals surface area contributed by atoms with Gasteiger partial charge in [-0.2, -0.15) is 5.10 Å². The van der Waals surface area contributed by atoms with Gasteiger partial charge >= 0.3 is 0 Å². The number of carbonyl (C=O) groups is 1. The van der Waals surface area contributed by atoms with Crippen LogP contribution in [0, 0.1) is 5.82 Å². The van der Waals surface area contributed by atoms with Gasteiger partial charge in [0.25, 0.3) is 0 Å². The summed E-state index contributed by atoms with van der Waals surface area (Å²) >= 11 is 0. The van der Waals surface area contributed by atoms with Crippen molar-refractivity contribution < 1.29 is 9.18 Å². The van der Waals surface area contributed by atoms with Crippen molar-refractivity contribution in [3.63, 3.8) is 0 Å². The molecule has 128 valence electrons. The molecule has 3 heterocycles. The molecule has 0 fully saturated rings. The number of hydrogen-bond acceptors (Lipinski definition) is 4. The molecule has 1 aromatic carbocycles. The summed E-state index contributed by atoms with van der Waals surface area (Å²) in [5.41, 5.74) is 1.71. The minimum atomic E-state index is -0.295. The molecule has 0 unspecified atom stereocenters. The Hall–Kier alpha value is -3.03. The third kappa shape index (κ3) is 3.42. The van der Waals surface area contributed by atoms with Crippen molar-refractivity contribution in [2.45, 2.75) is 26.1 Å². The van der Waals surface area contributed by atoms with Crippen LogP contribution in [-0.2, 0) is 30.8 Å². The van der Waals surface area contributed by atoms with E-state index < -0.39 is 0 Å². The molecule has 2 aromatic heterocycles. The third-order valence-corrected chi connectivity index (χ3v) is 4.26. The van der Waals surface area contributed by atoms with Crippen molar-refractivity contribution in [1.29, 1.82) is 0 Å². The van der Waals surface area contributed by atoms with Gasteiger partial charge in [0, 0.05) is 19.3 Å². The molecule has 0 saturated carbocycles. The van der Waals surface area contributed by atoms with Gasteiger partial charge in [-0.05, 0) is 17.7 Å². The number of nitrogens with zero attached hydrogens (tertiary/aromatic N) is 6. The minimum absolute atomic E-state index is 0.0266. The van der Waals surface area contributed by atoms with E-state index in [4.69, 9.17) is 0 Å². The molecular weight excluding hydrogens is 323 g/mol. The second kappa shape index (κ2) is 6.46. The lowest BCUT2D eigenvalue weighted by molar-refractivity contribution is -0.132. The summed E-state index contributed by atoms with van der Waals surface area (Å²) in [6.45, 7) is 2.40. The molecule has 7 nitrogen and oxygen atoms in total. The van der Waals surface area contributed by atoms with Crippen LogP contribution in [0.15, 0.2) is 43.1 Å². The van der Waals surface area contributed by atoms with E-state index in [2.05, 4.69) is 19.6 Å². The van der Waals surface area contributed by atoms with Gasteiger partial charge in [-0.15, -0.1) is 0 Å². The lowest BCUT2D eigenvalue weighted by Gasteiger charge is -2.27. The predicted molar refractivity (Wildman–Crippen MR) is 86.9 cm³/mol. The standard InChI is InChI=1S/C17H17FN6O/c18-14-3-1-13(2-4-14)7-17(25)23-6-5-22-8-15(21-16(22)10-23)9-24-12-19-11-20-24/h1-4,8,11-12H,5-7,9-10H2. The van der Waals surface area contributed by atoms with Gasteiger partial charge in [0.2, 0.25) is 5.91 Å². The molecule has 8 heteroatoms. The second-order valence-corrected chi connectivity index (χ2v) is 6.05. The van der Waals surface area contributed by atoms with Crippen molar-refractivity contribution >= 4 is 5.91 Å². The van der Waals surface area contributed by atoms with Crippen LogP contribution in [0.25, 0.3) is 0 Å². The van der Waals surface area contributed by atoms with Crippen LogP contribution in [0.4, 0.5) is 4.39 Å². The zero-order chi connectivity index (χ0) is 17.2. The molecule has 0 bridgehead atoms. The fourth-order valence-corrected chi connectivity index (χ4v) is 2.97. The Morgan fingerprint density at radius 2 is 2.04 bits per heavy atom. The Bertz CT molecular complexity index is 871. The van der Waals surface area contributed by atoms with E-state index in [0.29, 0.717) is 19.6 Å². The molecule has 0 N–H and O–H groups in total. The molecule has 0 aliphatic carbocycles. The van der Waals surface area contributed by atoms with Gasteiger partial charge in [-0.3, -0.25) is 4.79 Å². The first kappa shape index (κ1) is 15.5. The number of amides is 1. The average Bonchev–Trinajstić information content (AvgIpc) is 3.25. The summed E-state index contributed by atoms with van der Waals surface area (Å²) in [6.07, 6.45) is 5.41. The molecule has 3 aromatic rings. The number of halogens is 1. The Morgan fingerprint density at radius 3 is 2.80 bits per heavy atom. The number of fused-ring (bicyclic) bond motifs is 1. The number of carbonyl (C=O) groups excluding carboxylic acids is 1. The van der Waals surface area contributed by atoms with Crippen LogP contribution < -0.4 is 0 Å². The molecule has 1 aliphatic heterocycles. The lowest BCUT2D eigenvalue weighted by Crippen LogP contribution is -2.39. The summed E-state index contributed by atoms with van der Waals surface area (Å²) in [5, 5.41) is 4.08. The fourth-order valence-electron chi connectivity index (χ4n) is 2.97. The molecule has 1 aliphatic rings. The van der Waals surface area contributed by atoms with Gasteiger partial charge in [-0.1, -0.05) is 12.1 Å². The zero-order valence-corrected chi connectivity index (χ0v) is 13.5. The van der Waals surface area contributed by atoms with Crippen molar-refractivity contribution in [1.82, 2.24) is 29.2 Å². The van der Waals surface area contributed by atoms with Crippen LogP contribution in [0.1, 0.15) is 17.1 Å². The average molecular weight is 340 g/mol. The Kier molecular flexibility index (Phi) is 4.01. The van der Waals surface area contributed by atoms with Crippen molar-refractivity contribution in [3.05, 3.63) is 66.0 Å². The maximum atomic E-state index is 13.0. The monoisotopic (exact) mass is 340 g/mol. The van der Waals surface area contributed by atoms with E-state index in [9.17, 15) is 9.18 Å². The summed E-state index contributed by atoms with van der Waals surface area (Å²) in [7, 11) is 0. The molecule has 0 radical (unpaired) electrons. The number of benzene rings is 1.